The van der Waals surface area contributed by atoms with Crippen LogP contribution in [0.2, 0.25) is 0 Å². The fourth-order valence-electron chi connectivity index (χ4n) is 3.80. The van der Waals surface area contributed by atoms with Gasteiger partial charge in [0.2, 0.25) is 0 Å². The lowest BCUT2D eigenvalue weighted by molar-refractivity contribution is 0.249. The van der Waals surface area contributed by atoms with Gasteiger partial charge in [0.05, 0.1) is 19.3 Å². The lowest BCUT2D eigenvalue weighted by Gasteiger charge is -2.26. The van der Waals surface area contributed by atoms with Crippen LogP contribution in [0.25, 0.3) is 0 Å². The van der Waals surface area contributed by atoms with Gasteiger partial charge in [0.1, 0.15) is 11.1 Å². The first-order valence-electron chi connectivity index (χ1n) is 10.4. The zero-order valence-corrected chi connectivity index (χ0v) is 18.6. The number of nitriles is 1. The van der Waals surface area contributed by atoms with Crippen LogP contribution >= 0.6 is 11.3 Å². The molecule has 0 aliphatic carbocycles. The molecule has 2 aromatic carbocycles. The molecule has 0 N–H and O–H groups in total. The number of ether oxygens (including phenoxy) is 2. The van der Waals surface area contributed by atoms with Crippen LogP contribution in [-0.4, -0.2) is 31.4 Å². The molecule has 0 saturated carbocycles. The Bertz CT molecular complexity index is 1120. The van der Waals surface area contributed by atoms with Gasteiger partial charge in [-0.2, -0.15) is 5.26 Å². The molecule has 0 spiro atoms. The third kappa shape index (κ3) is 4.79. The highest BCUT2D eigenvalue weighted by Gasteiger charge is 2.24. The van der Waals surface area contributed by atoms with E-state index in [9.17, 15) is 5.26 Å². The number of methoxy groups -OCH3 is 1. The molecule has 2 heterocycles. The average Bonchev–Trinajstić information content (AvgIpc) is 3.16. The molecule has 0 atom stereocenters. The molecule has 31 heavy (non-hydrogen) atoms. The van der Waals surface area contributed by atoms with Crippen molar-refractivity contribution in [1.82, 2.24) is 4.90 Å². The number of thiophene rings is 1. The standard InChI is InChI=1S/C25H25N3O2S/c1-3-30-22-10-9-19(13-23(22)29-2)15-27-25-21(14-26)20-11-12-28(17-24(20)31-25)16-18-7-5-4-6-8-18/h4-10,13,15H,3,11-12,16-17H2,1-2H3. The van der Waals surface area contributed by atoms with Gasteiger partial charge >= 0.3 is 0 Å². The highest BCUT2D eigenvalue weighted by molar-refractivity contribution is 7.16. The predicted octanol–water partition coefficient (Wildman–Crippen LogP) is 5.34. The van der Waals surface area contributed by atoms with Gasteiger partial charge in [0.25, 0.3) is 0 Å². The number of hydrogen-bond acceptors (Lipinski definition) is 6. The van der Waals surface area contributed by atoms with Gasteiger partial charge in [0, 0.05) is 30.7 Å². The minimum atomic E-state index is 0.581. The molecule has 1 aromatic heterocycles. The monoisotopic (exact) mass is 431 g/mol. The lowest BCUT2D eigenvalue weighted by atomic mass is 10.0. The van der Waals surface area contributed by atoms with Gasteiger partial charge in [0.15, 0.2) is 11.5 Å². The van der Waals surface area contributed by atoms with Crippen molar-refractivity contribution in [2.45, 2.75) is 26.4 Å². The molecular formula is C25H25N3O2S. The average molecular weight is 432 g/mol. The van der Waals surface area contributed by atoms with Crippen LogP contribution in [0.3, 0.4) is 0 Å². The van der Waals surface area contributed by atoms with E-state index in [-0.39, 0.29) is 0 Å². The summed E-state index contributed by atoms with van der Waals surface area (Å²) in [7, 11) is 1.63. The van der Waals surface area contributed by atoms with Crippen LogP contribution in [0.4, 0.5) is 5.00 Å². The Morgan fingerprint density at radius 3 is 2.77 bits per heavy atom. The van der Waals surface area contributed by atoms with Gasteiger partial charge in [-0.15, -0.1) is 11.3 Å². The van der Waals surface area contributed by atoms with Gasteiger partial charge in [-0.3, -0.25) is 4.90 Å². The second-order valence-electron chi connectivity index (χ2n) is 7.34. The van der Waals surface area contributed by atoms with Crippen molar-refractivity contribution < 1.29 is 9.47 Å². The van der Waals surface area contributed by atoms with Gasteiger partial charge in [-0.05, 0) is 48.2 Å². The van der Waals surface area contributed by atoms with Crippen LogP contribution in [0, 0.1) is 11.3 Å². The van der Waals surface area contributed by atoms with E-state index < -0.39 is 0 Å². The SMILES string of the molecule is CCOc1ccc(C=Nc2sc3c(c2C#N)CCN(Cc2ccccc2)C3)cc1OC. The molecule has 0 bridgehead atoms. The molecule has 5 nitrogen and oxygen atoms in total. The van der Waals surface area contributed by atoms with E-state index in [0.717, 1.165) is 42.2 Å². The highest BCUT2D eigenvalue weighted by atomic mass is 32.1. The Hall–Kier alpha value is -3.14. The number of aliphatic imine (C=N–C) groups is 1. The first-order valence-corrected chi connectivity index (χ1v) is 11.2. The van der Waals surface area contributed by atoms with Crippen molar-refractivity contribution in [2.75, 3.05) is 20.3 Å². The summed E-state index contributed by atoms with van der Waals surface area (Å²) in [6.07, 6.45) is 2.67. The summed E-state index contributed by atoms with van der Waals surface area (Å²) in [5.41, 5.74) is 4.09. The van der Waals surface area contributed by atoms with E-state index in [4.69, 9.17) is 9.47 Å². The fraction of sp³-hybridized carbons (Fsp3) is 0.280. The van der Waals surface area contributed by atoms with Crippen molar-refractivity contribution in [3.63, 3.8) is 0 Å². The number of nitrogens with zero attached hydrogens (tertiary/aromatic N) is 3. The molecule has 158 valence electrons. The number of rotatable bonds is 7. The van der Waals surface area contributed by atoms with Crippen molar-refractivity contribution in [3.8, 4) is 17.6 Å². The third-order valence-electron chi connectivity index (χ3n) is 5.30. The Balaban J connectivity index is 1.54. The van der Waals surface area contributed by atoms with E-state index in [2.05, 4.69) is 40.2 Å². The molecule has 0 amide bonds. The maximum absolute atomic E-state index is 9.77. The Morgan fingerprint density at radius 1 is 1.19 bits per heavy atom. The summed E-state index contributed by atoms with van der Waals surface area (Å²) >= 11 is 1.62. The van der Waals surface area contributed by atoms with Gasteiger partial charge < -0.3 is 9.47 Å². The maximum atomic E-state index is 9.77. The smallest absolute Gasteiger partial charge is 0.161 e. The Morgan fingerprint density at radius 2 is 2.03 bits per heavy atom. The second-order valence-corrected chi connectivity index (χ2v) is 8.43. The van der Waals surface area contributed by atoms with Crippen LogP contribution < -0.4 is 9.47 Å². The molecular weight excluding hydrogens is 406 g/mol. The van der Waals surface area contributed by atoms with Crippen LogP contribution in [-0.2, 0) is 19.5 Å². The number of benzene rings is 2. The zero-order chi connectivity index (χ0) is 21.6. The third-order valence-corrected chi connectivity index (χ3v) is 6.42. The van der Waals surface area contributed by atoms with Crippen molar-refractivity contribution in [3.05, 3.63) is 75.7 Å². The molecule has 3 aromatic rings. The highest BCUT2D eigenvalue weighted by Crippen LogP contribution is 2.39. The molecule has 0 unspecified atom stereocenters. The van der Waals surface area contributed by atoms with Crippen molar-refractivity contribution >= 4 is 22.6 Å². The van der Waals surface area contributed by atoms with Gasteiger partial charge in [-0.1, -0.05) is 30.3 Å². The largest absolute Gasteiger partial charge is 0.493 e. The lowest BCUT2D eigenvalue weighted by Crippen LogP contribution is -2.29. The van der Waals surface area contributed by atoms with Crippen molar-refractivity contribution in [2.24, 2.45) is 4.99 Å². The summed E-state index contributed by atoms with van der Waals surface area (Å²) in [5.74, 6) is 1.39. The van der Waals surface area contributed by atoms with E-state index in [1.165, 1.54) is 10.4 Å². The Kier molecular flexibility index (Phi) is 6.66. The second kappa shape index (κ2) is 9.78. The summed E-state index contributed by atoms with van der Waals surface area (Å²) in [4.78, 5) is 8.34. The molecule has 0 fully saturated rings. The maximum Gasteiger partial charge on any atom is 0.161 e. The summed E-state index contributed by atoms with van der Waals surface area (Å²) in [6, 6.07) is 18.6. The predicted molar refractivity (Wildman–Crippen MR) is 125 cm³/mol. The van der Waals surface area contributed by atoms with Crippen LogP contribution in [0.15, 0.2) is 53.5 Å². The molecule has 1 aliphatic heterocycles. The molecule has 0 saturated heterocycles. The minimum Gasteiger partial charge on any atom is -0.493 e. The molecule has 6 heteroatoms. The number of fused-ring (bicyclic) bond motifs is 1. The minimum absolute atomic E-state index is 0.581. The first kappa shape index (κ1) is 21.1. The molecule has 1 aliphatic rings. The van der Waals surface area contributed by atoms with Crippen molar-refractivity contribution in [1.29, 1.82) is 5.26 Å². The topological polar surface area (TPSA) is 57.8 Å². The summed E-state index contributed by atoms with van der Waals surface area (Å²) < 4.78 is 11.0. The number of hydrogen-bond donors (Lipinski definition) is 0. The molecule has 4 rings (SSSR count). The van der Waals surface area contributed by atoms with E-state index in [1.807, 2.05) is 31.2 Å². The molecule has 0 radical (unpaired) electrons. The van der Waals surface area contributed by atoms with Gasteiger partial charge in [-0.25, -0.2) is 4.99 Å². The normalized spacial score (nSPS) is 13.7. The first-order chi connectivity index (χ1) is 15.2. The van der Waals surface area contributed by atoms with Crippen LogP contribution in [0.5, 0.6) is 11.5 Å². The quantitative estimate of drug-likeness (QED) is 0.474. The van der Waals surface area contributed by atoms with Crippen LogP contribution in [0.1, 0.15) is 34.1 Å². The fourth-order valence-corrected chi connectivity index (χ4v) is 4.98. The van der Waals surface area contributed by atoms with E-state index in [0.29, 0.717) is 23.7 Å². The summed E-state index contributed by atoms with van der Waals surface area (Å²) in [5, 5.41) is 10.6. The Labute approximate surface area is 187 Å². The zero-order valence-electron chi connectivity index (χ0n) is 17.8. The van der Waals surface area contributed by atoms with E-state index >= 15 is 0 Å². The summed E-state index contributed by atoms with van der Waals surface area (Å²) in [6.45, 7) is 5.25. The van der Waals surface area contributed by atoms with E-state index in [1.54, 1.807) is 24.7 Å².